The summed E-state index contributed by atoms with van der Waals surface area (Å²) >= 11 is 0. The molecule has 0 aromatic carbocycles. The topological polar surface area (TPSA) is 130 Å². The number of nitrogens with zero attached hydrogens (tertiary/aromatic N) is 3. The van der Waals surface area contributed by atoms with Crippen LogP contribution in [0.5, 0.6) is 0 Å². The van der Waals surface area contributed by atoms with Gasteiger partial charge in [0.2, 0.25) is 0 Å². The fraction of sp³-hybridized carbons (Fsp3) is 0.619. The molecular weight excluding hydrogens is 520 g/mol. The van der Waals surface area contributed by atoms with Crippen molar-refractivity contribution >= 4 is 23.7 Å². The molecule has 1 aromatic rings. The van der Waals surface area contributed by atoms with Crippen molar-refractivity contribution in [2.75, 3.05) is 50.9 Å². The Morgan fingerprint density at radius 3 is 2.14 bits per heavy atom. The molecule has 2 saturated heterocycles. The van der Waals surface area contributed by atoms with Gasteiger partial charge in [0, 0.05) is 25.8 Å². The Morgan fingerprint density at radius 1 is 1.05 bits per heavy atom. The number of ether oxygens (including phenoxy) is 2. The van der Waals surface area contributed by atoms with Gasteiger partial charge in [-0.15, -0.1) is 0 Å². The minimum Gasteiger partial charge on any atom is -0.475 e. The van der Waals surface area contributed by atoms with E-state index in [0.717, 1.165) is 32.2 Å². The zero-order valence-corrected chi connectivity index (χ0v) is 19.3. The van der Waals surface area contributed by atoms with Crippen LogP contribution in [0.15, 0.2) is 24.4 Å². The number of anilines is 1. The van der Waals surface area contributed by atoms with E-state index in [1.54, 1.807) is 11.1 Å². The minimum absolute atomic E-state index is 0.0349. The fourth-order valence-electron chi connectivity index (χ4n) is 3.43. The zero-order valence-electron chi connectivity index (χ0n) is 19.3. The first-order chi connectivity index (χ1) is 17.1. The van der Waals surface area contributed by atoms with Crippen molar-refractivity contribution in [2.45, 2.75) is 30.8 Å². The molecule has 0 radical (unpaired) electrons. The molecule has 1 spiro atoms. The maximum atomic E-state index is 12.3. The number of aromatic nitrogens is 1. The third kappa shape index (κ3) is 10.1. The molecule has 0 bridgehead atoms. The van der Waals surface area contributed by atoms with E-state index in [1.807, 2.05) is 18.2 Å². The Hall–Kier alpha value is -2.98. The molecule has 3 aliphatic rings. The molecule has 37 heavy (non-hydrogen) atoms. The normalized spacial score (nSPS) is 22.8. The van der Waals surface area contributed by atoms with E-state index in [-0.39, 0.29) is 12.5 Å². The third-order valence-corrected chi connectivity index (χ3v) is 5.30. The highest BCUT2D eigenvalue weighted by molar-refractivity contribution is 5.94. The molecule has 10 nitrogen and oxygen atoms in total. The standard InChI is InChI=1S/C17H23N3O3.2C2HF3O2/c21-16-10-23-17(12-20(16)15-3-1-2-6-18-15)11-19(7-8-22-13-17)9-14-4-5-14;2*3-2(4,5)1(6)7/h1-3,6,14H,4-5,7-13H2;2*(H,6,7). The van der Waals surface area contributed by atoms with Crippen LogP contribution in [0, 0.1) is 5.92 Å². The lowest BCUT2D eigenvalue weighted by Gasteiger charge is -2.42. The van der Waals surface area contributed by atoms with Crippen molar-refractivity contribution < 1.29 is 60.4 Å². The number of carbonyl (C=O) groups is 3. The lowest BCUT2D eigenvalue weighted by Crippen LogP contribution is -2.61. The molecule has 1 atom stereocenters. The van der Waals surface area contributed by atoms with E-state index in [9.17, 15) is 31.1 Å². The monoisotopic (exact) mass is 545 g/mol. The van der Waals surface area contributed by atoms with Crippen LogP contribution in [-0.4, -0.2) is 102 Å². The van der Waals surface area contributed by atoms with Gasteiger partial charge < -0.3 is 19.7 Å². The van der Waals surface area contributed by atoms with Crippen LogP contribution in [0.4, 0.5) is 32.2 Å². The van der Waals surface area contributed by atoms with E-state index < -0.39 is 29.9 Å². The quantitative estimate of drug-likeness (QED) is 0.549. The summed E-state index contributed by atoms with van der Waals surface area (Å²) in [5.74, 6) is -4.02. The van der Waals surface area contributed by atoms with Gasteiger partial charge in [0.1, 0.15) is 18.0 Å². The number of carbonyl (C=O) groups excluding carboxylic acids is 1. The number of alkyl halides is 6. The van der Waals surface area contributed by atoms with Crippen LogP contribution in [0.1, 0.15) is 12.8 Å². The lowest BCUT2D eigenvalue weighted by molar-refractivity contribution is -0.193. The van der Waals surface area contributed by atoms with Crippen LogP contribution in [0.25, 0.3) is 0 Å². The number of rotatable bonds is 3. The Kier molecular flexibility index (Phi) is 10.2. The Labute approximate surface area is 206 Å². The van der Waals surface area contributed by atoms with Crippen molar-refractivity contribution in [1.29, 1.82) is 0 Å². The molecule has 208 valence electrons. The SMILES string of the molecule is O=C(O)C(F)(F)F.O=C(O)C(F)(F)F.O=C1COC2(COCCN(CC3CC3)C2)CN1c1ccccn1. The lowest BCUT2D eigenvalue weighted by atomic mass is 10.0. The van der Waals surface area contributed by atoms with Crippen molar-refractivity contribution in [3.63, 3.8) is 0 Å². The van der Waals surface area contributed by atoms with E-state index in [1.165, 1.54) is 12.8 Å². The highest BCUT2D eigenvalue weighted by Crippen LogP contribution is 2.32. The fourth-order valence-corrected chi connectivity index (χ4v) is 3.43. The van der Waals surface area contributed by atoms with Crippen LogP contribution in [0.2, 0.25) is 0 Å². The number of aliphatic carboxylic acids is 2. The van der Waals surface area contributed by atoms with Crippen molar-refractivity contribution in [3.8, 4) is 0 Å². The number of amides is 1. The molecular formula is C21H25F6N3O7. The summed E-state index contributed by atoms with van der Waals surface area (Å²) < 4.78 is 75.3. The van der Waals surface area contributed by atoms with E-state index in [4.69, 9.17) is 29.3 Å². The molecule has 3 fully saturated rings. The molecule has 1 saturated carbocycles. The average Bonchev–Trinajstić information content (AvgIpc) is 3.64. The average molecular weight is 545 g/mol. The third-order valence-electron chi connectivity index (χ3n) is 5.30. The molecule has 2 N–H and O–H groups in total. The summed E-state index contributed by atoms with van der Waals surface area (Å²) in [6.45, 7) is 4.74. The molecule has 1 aliphatic carbocycles. The van der Waals surface area contributed by atoms with E-state index in [0.29, 0.717) is 19.0 Å². The summed E-state index contributed by atoms with van der Waals surface area (Å²) in [4.78, 5) is 38.6. The molecule has 1 unspecified atom stereocenters. The molecule has 1 amide bonds. The van der Waals surface area contributed by atoms with Gasteiger partial charge in [0.15, 0.2) is 0 Å². The maximum Gasteiger partial charge on any atom is 0.490 e. The number of hydrogen-bond acceptors (Lipinski definition) is 7. The number of pyridine rings is 1. The first kappa shape index (κ1) is 30.2. The van der Waals surface area contributed by atoms with E-state index in [2.05, 4.69) is 9.88 Å². The Morgan fingerprint density at radius 2 is 1.65 bits per heavy atom. The van der Waals surface area contributed by atoms with Gasteiger partial charge in [-0.1, -0.05) is 6.07 Å². The van der Waals surface area contributed by atoms with E-state index >= 15 is 0 Å². The van der Waals surface area contributed by atoms with Crippen molar-refractivity contribution in [3.05, 3.63) is 24.4 Å². The first-order valence-electron chi connectivity index (χ1n) is 10.9. The summed E-state index contributed by atoms with van der Waals surface area (Å²) in [6, 6.07) is 5.63. The van der Waals surface area contributed by atoms with Gasteiger partial charge in [0.05, 0.1) is 19.8 Å². The molecule has 4 rings (SSSR count). The predicted octanol–water partition coefficient (Wildman–Crippen LogP) is 2.19. The van der Waals surface area contributed by atoms with Gasteiger partial charge in [-0.2, -0.15) is 26.3 Å². The Bertz CT molecular complexity index is 903. The molecule has 3 heterocycles. The minimum atomic E-state index is -5.08. The number of hydrogen-bond donors (Lipinski definition) is 2. The van der Waals surface area contributed by atoms with Gasteiger partial charge in [-0.05, 0) is 30.9 Å². The van der Waals surface area contributed by atoms with Gasteiger partial charge in [-0.3, -0.25) is 14.6 Å². The summed E-state index contributed by atoms with van der Waals surface area (Å²) in [7, 11) is 0. The second kappa shape index (κ2) is 12.5. The van der Waals surface area contributed by atoms with Crippen molar-refractivity contribution in [2.24, 2.45) is 5.92 Å². The van der Waals surface area contributed by atoms with Crippen molar-refractivity contribution in [1.82, 2.24) is 9.88 Å². The van der Waals surface area contributed by atoms with Crippen LogP contribution < -0.4 is 4.90 Å². The number of morpholine rings is 1. The maximum absolute atomic E-state index is 12.3. The number of halogens is 6. The molecule has 16 heteroatoms. The highest BCUT2D eigenvalue weighted by Gasteiger charge is 2.44. The second-order valence-electron chi connectivity index (χ2n) is 8.48. The van der Waals surface area contributed by atoms with Gasteiger partial charge >= 0.3 is 24.3 Å². The van der Waals surface area contributed by atoms with Gasteiger partial charge in [0.25, 0.3) is 5.91 Å². The predicted molar refractivity (Wildman–Crippen MR) is 113 cm³/mol. The molecule has 2 aliphatic heterocycles. The zero-order chi connectivity index (χ0) is 27.9. The summed E-state index contributed by atoms with van der Waals surface area (Å²) in [5.41, 5.74) is -0.448. The number of carboxylic acids is 2. The second-order valence-corrected chi connectivity index (χ2v) is 8.48. The summed E-state index contributed by atoms with van der Waals surface area (Å²) in [6.07, 6.45) is -5.78. The van der Waals surface area contributed by atoms with Crippen LogP contribution >= 0.6 is 0 Å². The molecule has 1 aromatic heterocycles. The highest BCUT2D eigenvalue weighted by atomic mass is 19.4. The largest absolute Gasteiger partial charge is 0.490 e. The Balaban J connectivity index is 0.000000286. The number of carboxylic acid groups (broad SMARTS) is 2. The first-order valence-corrected chi connectivity index (χ1v) is 10.9. The summed E-state index contributed by atoms with van der Waals surface area (Å²) in [5, 5.41) is 14.2. The van der Waals surface area contributed by atoms with Crippen LogP contribution in [-0.2, 0) is 23.9 Å². The van der Waals surface area contributed by atoms with Crippen LogP contribution in [0.3, 0.4) is 0 Å². The smallest absolute Gasteiger partial charge is 0.475 e. The van der Waals surface area contributed by atoms with Gasteiger partial charge in [-0.25, -0.2) is 14.6 Å².